The minimum absolute atomic E-state index is 0.0365. The molecule has 0 aliphatic carbocycles. The second-order valence-corrected chi connectivity index (χ2v) is 10.5. The quantitative estimate of drug-likeness (QED) is 0.691. The molecule has 0 radical (unpaired) electrons. The molecule has 0 unspecified atom stereocenters. The van der Waals surface area contributed by atoms with Gasteiger partial charge in [0.2, 0.25) is 10.0 Å². The summed E-state index contributed by atoms with van der Waals surface area (Å²) >= 11 is 0. The van der Waals surface area contributed by atoms with E-state index in [2.05, 4.69) is 10.2 Å². The summed E-state index contributed by atoms with van der Waals surface area (Å²) in [6.07, 6.45) is 2.01. The molecule has 2 fully saturated rings. The smallest absolute Gasteiger partial charge is 0.257 e. The summed E-state index contributed by atoms with van der Waals surface area (Å²) < 4.78 is 46.5. The summed E-state index contributed by atoms with van der Waals surface area (Å²) in [5.41, 5.74) is 1.70. The zero-order chi connectivity index (χ0) is 23.6. The van der Waals surface area contributed by atoms with Crippen LogP contribution in [-0.4, -0.2) is 72.1 Å². The van der Waals surface area contributed by atoms with Crippen LogP contribution in [0.4, 0.5) is 21.5 Å². The largest absolute Gasteiger partial charge is 0.378 e. The van der Waals surface area contributed by atoms with E-state index in [9.17, 15) is 17.6 Å². The lowest BCUT2D eigenvalue weighted by atomic mass is 10.1. The number of carbonyl (C=O) groups excluding carboxylic acids is 1. The van der Waals surface area contributed by atoms with Crippen LogP contribution in [0.15, 0.2) is 41.3 Å². The number of hydrogen-bond acceptors (Lipinski definition) is 6. The van der Waals surface area contributed by atoms with Crippen molar-refractivity contribution < 1.29 is 22.3 Å². The Bertz CT molecular complexity index is 1130. The molecular formula is C23H29FN4O4S. The minimum atomic E-state index is -3.71. The number of sulfonamides is 1. The molecular weight excluding hydrogens is 447 g/mol. The van der Waals surface area contributed by atoms with Gasteiger partial charge in [-0.2, -0.15) is 0 Å². The molecule has 0 saturated carbocycles. The SMILES string of the molecule is CN(C)S(=O)(=O)c1ccc(N2CCCC2)c(C(=O)Nc2ccc(N3CCOCC3)c(F)c2)c1. The minimum Gasteiger partial charge on any atom is -0.378 e. The zero-order valence-electron chi connectivity index (χ0n) is 18.9. The number of benzene rings is 2. The van der Waals surface area contributed by atoms with E-state index in [0.717, 1.165) is 30.2 Å². The van der Waals surface area contributed by atoms with E-state index in [4.69, 9.17) is 4.74 Å². The molecule has 2 aromatic rings. The van der Waals surface area contributed by atoms with E-state index in [0.29, 0.717) is 43.4 Å². The van der Waals surface area contributed by atoms with Gasteiger partial charge in [-0.05, 0) is 49.2 Å². The third-order valence-corrected chi connectivity index (χ3v) is 7.81. The van der Waals surface area contributed by atoms with Crippen LogP contribution in [0.3, 0.4) is 0 Å². The summed E-state index contributed by atoms with van der Waals surface area (Å²) in [7, 11) is -0.818. The molecule has 10 heteroatoms. The van der Waals surface area contributed by atoms with Crippen LogP contribution in [0.5, 0.6) is 0 Å². The molecule has 2 heterocycles. The maximum Gasteiger partial charge on any atom is 0.257 e. The molecule has 0 atom stereocenters. The lowest BCUT2D eigenvalue weighted by molar-refractivity contribution is 0.102. The summed E-state index contributed by atoms with van der Waals surface area (Å²) in [5, 5.41) is 2.74. The van der Waals surface area contributed by atoms with Gasteiger partial charge in [0.25, 0.3) is 5.91 Å². The molecule has 0 aromatic heterocycles. The summed E-state index contributed by atoms with van der Waals surface area (Å²) in [4.78, 5) is 17.3. The molecule has 0 spiro atoms. The highest BCUT2D eigenvalue weighted by molar-refractivity contribution is 7.89. The number of amides is 1. The average molecular weight is 477 g/mol. The van der Waals surface area contributed by atoms with Crippen LogP contribution in [0.25, 0.3) is 0 Å². The van der Waals surface area contributed by atoms with E-state index >= 15 is 0 Å². The summed E-state index contributed by atoms with van der Waals surface area (Å²) in [6, 6.07) is 9.19. The molecule has 2 saturated heterocycles. The van der Waals surface area contributed by atoms with E-state index < -0.39 is 21.7 Å². The van der Waals surface area contributed by atoms with Crippen LogP contribution < -0.4 is 15.1 Å². The van der Waals surface area contributed by atoms with Gasteiger partial charge in [0, 0.05) is 51.6 Å². The van der Waals surface area contributed by atoms with E-state index in [1.54, 1.807) is 18.2 Å². The fourth-order valence-corrected chi connectivity index (χ4v) is 5.07. The topological polar surface area (TPSA) is 82.2 Å². The highest BCUT2D eigenvalue weighted by Gasteiger charge is 2.25. The number of carbonyl (C=O) groups is 1. The Morgan fingerprint density at radius 3 is 2.24 bits per heavy atom. The Morgan fingerprint density at radius 1 is 0.970 bits per heavy atom. The number of morpholine rings is 1. The predicted octanol–water partition coefficient (Wildman–Crippen LogP) is 2.77. The number of nitrogens with one attached hydrogen (secondary N) is 1. The van der Waals surface area contributed by atoms with Gasteiger partial charge in [-0.3, -0.25) is 4.79 Å². The number of halogens is 1. The van der Waals surface area contributed by atoms with Crippen LogP contribution >= 0.6 is 0 Å². The Labute approximate surface area is 194 Å². The molecule has 4 rings (SSSR count). The lowest BCUT2D eigenvalue weighted by Crippen LogP contribution is -2.36. The van der Waals surface area contributed by atoms with E-state index in [1.165, 1.54) is 32.3 Å². The van der Waals surface area contributed by atoms with Gasteiger partial charge in [0.15, 0.2) is 0 Å². The predicted molar refractivity (Wildman–Crippen MR) is 126 cm³/mol. The normalized spacial score (nSPS) is 17.0. The third-order valence-electron chi connectivity index (χ3n) is 6.00. The van der Waals surface area contributed by atoms with Crippen LogP contribution in [0.1, 0.15) is 23.2 Å². The maximum absolute atomic E-state index is 14.8. The molecule has 178 valence electrons. The zero-order valence-corrected chi connectivity index (χ0v) is 19.7. The van der Waals surface area contributed by atoms with Gasteiger partial charge in [0.1, 0.15) is 5.82 Å². The molecule has 2 aliphatic heterocycles. The van der Waals surface area contributed by atoms with Crippen molar-refractivity contribution in [3.63, 3.8) is 0 Å². The van der Waals surface area contributed by atoms with E-state index in [-0.39, 0.29) is 10.5 Å². The van der Waals surface area contributed by atoms with Crippen molar-refractivity contribution in [2.24, 2.45) is 0 Å². The summed E-state index contributed by atoms with van der Waals surface area (Å²) in [6.45, 7) is 3.89. The van der Waals surface area contributed by atoms with Crippen LogP contribution in [0, 0.1) is 5.82 Å². The average Bonchev–Trinajstić information content (AvgIpc) is 3.34. The van der Waals surface area contributed by atoms with Crippen molar-refractivity contribution in [2.75, 3.05) is 68.6 Å². The number of nitrogens with zero attached hydrogens (tertiary/aromatic N) is 3. The maximum atomic E-state index is 14.8. The lowest BCUT2D eigenvalue weighted by Gasteiger charge is -2.29. The van der Waals surface area contributed by atoms with Crippen molar-refractivity contribution in [3.8, 4) is 0 Å². The van der Waals surface area contributed by atoms with Crippen LogP contribution in [-0.2, 0) is 14.8 Å². The fourth-order valence-electron chi connectivity index (χ4n) is 4.15. The molecule has 1 amide bonds. The number of hydrogen-bond donors (Lipinski definition) is 1. The molecule has 8 nitrogen and oxygen atoms in total. The van der Waals surface area contributed by atoms with Gasteiger partial charge in [-0.15, -0.1) is 0 Å². The van der Waals surface area contributed by atoms with Gasteiger partial charge in [-0.25, -0.2) is 17.1 Å². The van der Waals surface area contributed by atoms with Crippen molar-refractivity contribution in [1.29, 1.82) is 0 Å². The molecule has 33 heavy (non-hydrogen) atoms. The fraction of sp³-hybridized carbons (Fsp3) is 0.435. The van der Waals surface area contributed by atoms with Gasteiger partial charge in [0.05, 0.1) is 29.4 Å². The van der Waals surface area contributed by atoms with E-state index in [1.807, 2.05) is 4.90 Å². The Balaban J connectivity index is 1.63. The number of ether oxygens (including phenoxy) is 1. The number of rotatable bonds is 6. The van der Waals surface area contributed by atoms with Crippen molar-refractivity contribution in [1.82, 2.24) is 4.31 Å². The standard InChI is InChI=1S/C23H29FN4O4S/c1-26(2)33(30,31)18-6-8-21(27-9-3-4-10-27)19(16-18)23(29)25-17-5-7-22(20(24)15-17)28-11-13-32-14-12-28/h5-8,15-16H,3-4,9-14H2,1-2H3,(H,25,29). The van der Waals surface area contributed by atoms with Crippen molar-refractivity contribution >= 4 is 33.0 Å². The first-order valence-corrected chi connectivity index (χ1v) is 12.5. The first-order valence-electron chi connectivity index (χ1n) is 11.0. The Hall–Kier alpha value is -2.69. The second kappa shape index (κ2) is 9.66. The van der Waals surface area contributed by atoms with Gasteiger partial charge in [-0.1, -0.05) is 0 Å². The highest BCUT2D eigenvalue weighted by atomic mass is 32.2. The molecule has 2 aromatic carbocycles. The highest BCUT2D eigenvalue weighted by Crippen LogP contribution is 2.30. The number of anilines is 3. The van der Waals surface area contributed by atoms with Crippen molar-refractivity contribution in [3.05, 3.63) is 47.8 Å². The van der Waals surface area contributed by atoms with Crippen molar-refractivity contribution in [2.45, 2.75) is 17.7 Å². The summed E-state index contributed by atoms with van der Waals surface area (Å²) in [5.74, 6) is -0.912. The van der Waals surface area contributed by atoms with Gasteiger partial charge >= 0.3 is 0 Å². The molecule has 0 bridgehead atoms. The van der Waals surface area contributed by atoms with Crippen LogP contribution in [0.2, 0.25) is 0 Å². The Morgan fingerprint density at radius 2 is 1.61 bits per heavy atom. The first kappa shape index (κ1) is 23.5. The second-order valence-electron chi connectivity index (χ2n) is 8.38. The molecule has 1 N–H and O–H groups in total. The molecule has 2 aliphatic rings. The Kier molecular flexibility index (Phi) is 6.87. The monoisotopic (exact) mass is 476 g/mol. The first-order chi connectivity index (χ1) is 15.8. The van der Waals surface area contributed by atoms with Gasteiger partial charge < -0.3 is 19.9 Å². The third kappa shape index (κ3) is 4.97.